The van der Waals surface area contributed by atoms with Gasteiger partial charge in [0, 0.05) is 35.4 Å². The summed E-state index contributed by atoms with van der Waals surface area (Å²) in [6.07, 6.45) is -2.54. The number of nitrogen functional groups attached to an aromatic ring is 1. The number of para-hydroxylation sites is 1. The van der Waals surface area contributed by atoms with Gasteiger partial charge in [0.25, 0.3) is 0 Å². The third-order valence-electron chi connectivity index (χ3n) is 4.38. The molecule has 1 aromatic heterocycles. The summed E-state index contributed by atoms with van der Waals surface area (Å²) in [5.41, 5.74) is 2.96. The topological polar surface area (TPSA) is 76.8 Å². The van der Waals surface area contributed by atoms with E-state index in [1.807, 2.05) is 0 Å². The molecule has 1 heterocycles. The number of aryl methyl sites for hydroxylation is 1. The van der Waals surface area contributed by atoms with Crippen molar-refractivity contribution in [3.05, 3.63) is 65.4 Å². The number of anilines is 1. The minimum atomic E-state index is -4.95. The molecule has 0 bridgehead atoms. The summed E-state index contributed by atoms with van der Waals surface area (Å²) in [6, 6.07) is 10.2. The molecule has 0 fully saturated rings. The molecule has 0 aliphatic carbocycles. The van der Waals surface area contributed by atoms with E-state index in [1.54, 1.807) is 35.9 Å². The minimum absolute atomic E-state index is 0.223. The van der Waals surface area contributed by atoms with Gasteiger partial charge in [-0.3, -0.25) is 5.41 Å². The molecule has 0 radical (unpaired) electrons. The highest BCUT2D eigenvalue weighted by Gasteiger charge is 2.57. The van der Waals surface area contributed by atoms with E-state index in [0.717, 1.165) is 18.3 Å². The highest BCUT2D eigenvalue weighted by Crippen LogP contribution is 2.47. The second kappa shape index (κ2) is 5.63. The zero-order valence-electron chi connectivity index (χ0n) is 13.4. The Morgan fingerprint density at radius 2 is 1.84 bits per heavy atom. The lowest BCUT2D eigenvalue weighted by Crippen LogP contribution is -2.43. The number of hydrogen-bond donors (Lipinski definition) is 3. The molecule has 5 N–H and O–H groups in total. The van der Waals surface area contributed by atoms with Crippen LogP contribution in [0.1, 0.15) is 16.7 Å². The maximum absolute atomic E-state index is 14.0. The lowest BCUT2D eigenvalue weighted by atomic mass is 9.84. The smallest absolute Gasteiger partial charge is 0.398 e. The predicted octanol–water partition coefficient (Wildman–Crippen LogP) is 1.74. The summed E-state index contributed by atoms with van der Waals surface area (Å²) in [5.74, 6) is 0. The highest BCUT2D eigenvalue weighted by molar-refractivity contribution is 5.87. The van der Waals surface area contributed by atoms with Gasteiger partial charge >= 0.3 is 6.18 Å². The van der Waals surface area contributed by atoms with Crippen molar-refractivity contribution in [3.63, 3.8) is 0 Å². The van der Waals surface area contributed by atoms with Crippen LogP contribution in [0.15, 0.2) is 48.7 Å². The van der Waals surface area contributed by atoms with Crippen molar-refractivity contribution in [2.45, 2.75) is 11.8 Å². The first kappa shape index (κ1) is 17.0. The second-order valence-corrected chi connectivity index (χ2v) is 5.89. The maximum Gasteiger partial charge on any atom is 0.425 e. The average Bonchev–Trinajstić information content (AvgIpc) is 2.91. The van der Waals surface area contributed by atoms with Gasteiger partial charge in [0.15, 0.2) is 6.21 Å². The number of halogens is 3. The van der Waals surface area contributed by atoms with Gasteiger partial charge in [-0.15, -0.1) is 0 Å². The number of hydrogen-bond acceptors (Lipinski definition) is 2. The Kier molecular flexibility index (Phi) is 3.84. The summed E-state index contributed by atoms with van der Waals surface area (Å²) in [6.45, 7) is 0. The molecule has 0 spiro atoms. The van der Waals surface area contributed by atoms with Crippen LogP contribution in [0.3, 0.4) is 0 Å². The number of alkyl halides is 3. The predicted molar refractivity (Wildman–Crippen MR) is 89.9 cm³/mol. The lowest BCUT2D eigenvalue weighted by molar-refractivity contribution is -0.247. The van der Waals surface area contributed by atoms with E-state index in [-0.39, 0.29) is 22.4 Å². The molecule has 0 aliphatic heterocycles. The summed E-state index contributed by atoms with van der Waals surface area (Å²) in [4.78, 5) is 0. The van der Waals surface area contributed by atoms with Gasteiger partial charge in [-0.05, 0) is 23.8 Å². The Morgan fingerprint density at radius 1 is 1.16 bits per heavy atom. The summed E-state index contributed by atoms with van der Waals surface area (Å²) in [5, 5.41) is 16.6. The van der Waals surface area contributed by atoms with Crippen LogP contribution in [0.4, 0.5) is 18.9 Å². The number of rotatable bonds is 3. The van der Waals surface area contributed by atoms with Crippen LogP contribution in [-0.4, -0.2) is 22.1 Å². The molecule has 0 saturated heterocycles. The molecule has 1 atom stereocenters. The van der Waals surface area contributed by atoms with E-state index in [0.29, 0.717) is 10.9 Å². The third kappa shape index (κ3) is 2.47. The first-order valence-electron chi connectivity index (χ1n) is 7.48. The molecule has 0 aliphatic rings. The van der Waals surface area contributed by atoms with Crippen LogP contribution in [0.5, 0.6) is 0 Å². The quantitative estimate of drug-likeness (QED) is 0.498. The molecule has 3 rings (SSSR count). The van der Waals surface area contributed by atoms with E-state index in [9.17, 15) is 18.3 Å². The van der Waals surface area contributed by atoms with Crippen LogP contribution in [0, 0.1) is 0 Å². The van der Waals surface area contributed by atoms with Crippen molar-refractivity contribution in [3.8, 4) is 0 Å². The molecule has 1 unspecified atom stereocenters. The van der Waals surface area contributed by atoms with Crippen molar-refractivity contribution in [2.75, 3.05) is 5.73 Å². The Balaban J connectivity index is 2.36. The largest absolute Gasteiger partial charge is 0.425 e. The van der Waals surface area contributed by atoms with E-state index < -0.39 is 11.8 Å². The van der Waals surface area contributed by atoms with Crippen LogP contribution in [-0.2, 0) is 12.6 Å². The van der Waals surface area contributed by atoms with Crippen molar-refractivity contribution in [1.29, 1.82) is 0 Å². The van der Waals surface area contributed by atoms with Crippen molar-refractivity contribution in [1.82, 2.24) is 4.57 Å². The molecule has 0 amide bonds. The van der Waals surface area contributed by atoms with E-state index in [1.165, 1.54) is 12.3 Å². The third-order valence-corrected chi connectivity index (χ3v) is 4.38. The van der Waals surface area contributed by atoms with E-state index >= 15 is 0 Å². The number of nitrogens with zero attached hydrogens (tertiary/aromatic N) is 1. The Bertz CT molecular complexity index is 962. The molecule has 130 valence electrons. The molecule has 0 saturated carbocycles. The first-order chi connectivity index (χ1) is 11.7. The zero-order chi connectivity index (χ0) is 18.4. The molecule has 7 heteroatoms. The summed E-state index contributed by atoms with van der Waals surface area (Å²) < 4.78 is 43.6. The van der Waals surface area contributed by atoms with Gasteiger partial charge in [0.2, 0.25) is 5.60 Å². The Labute approximate surface area is 141 Å². The first-order valence-corrected chi connectivity index (χ1v) is 7.48. The number of aromatic nitrogens is 1. The molecular formula is C18H17F3N3O+. The molecule has 2 aromatic carbocycles. The average molecular weight is 348 g/mol. The second-order valence-electron chi connectivity index (χ2n) is 5.89. The van der Waals surface area contributed by atoms with Crippen LogP contribution < -0.4 is 11.1 Å². The standard InChI is InChI=1S/C18H16F3N3O/c1-24-10-14(13-4-2-3-5-16(13)24)17(25,18(19,20)21)12-6-7-15(23)11(8-12)9-22/h2-10,22,25H,23H2,1H3/p+1. The Morgan fingerprint density at radius 3 is 2.48 bits per heavy atom. The van der Waals surface area contributed by atoms with Crippen molar-refractivity contribution in [2.24, 2.45) is 7.05 Å². The van der Waals surface area contributed by atoms with Crippen molar-refractivity contribution >= 4 is 22.8 Å². The number of benzene rings is 2. The zero-order valence-corrected chi connectivity index (χ0v) is 13.4. The Hall–Kier alpha value is -2.80. The molecule has 3 aromatic rings. The minimum Gasteiger partial charge on any atom is -0.398 e. The number of nitrogens with two attached hydrogens (primary N) is 2. The van der Waals surface area contributed by atoms with Gasteiger partial charge in [0.05, 0.1) is 5.56 Å². The number of fused-ring (bicyclic) bond motifs is 1. The monoisotopic (exact) mass is 348 g/mol. The van der Waals surface area contributed by atoms with Crippen LogP contribution >= 0.6 is 0 Å². The normalized spacial score (nSPS) is 14.4. The number of aliphatic hydroxyl groups is 1. The van der Waals surface area contributed by atoms with E-state index in [2.05, 4.69) is 0 Å². The van der Waals surface area contributed by atoms with Gasteiger partial charge in [-0.1, -0.05) is 24.3 Å². The molecule has 4 nitrogen and oxygen atoms in total. The SMILES string of the molecule is Cn1cc(C(O)(c2ccc(N)c(C=[NH2+])c2)C(F)(F)F)c2ccccc21. The fourth-order valence-electron chi connectivity index (χ4n) is 3.05. The van der Waals surface area contributed by atoms with Gasteiger partial charge in [-0.2, -0.15) is 13.2 Å². The summed E-state index contributed by atoms with van der Waals surface area (Å²) in [7, 11) is 1.63. The highest BCUT2D eigenvalue weighted by atomic mass is 19.4. The van der Waals surface area contributed by atoms with Gasteiger partial charge < -0.3 is 15.4 Å². The molecular weight excluding hydrogens is 331 g/mol. The fraction of sp³-hybridized carbons (Fsp3) is 0.167. The van der Waals surface area contributed by atoms with Gasteiger partial charge in [-0.25, -0.2) is 0 Å². The van der Waals surface area contributed by atoms with Crippen LogP contribution in [0.2, 0.25) is 0 Å². The van der Waals surface area contributed by atoms with E-state index in [4.69, 9.17) is 11.1 Å². The fourth-order valence-corrected chi connectivity index (χ4v) is 3.05. The maximum atomic E-state index is 14.0. The van der Waals surface area contributed by atoms with Crippen molar-refractivity contribution < 1.29 is 23.7 Å². The lowest BCUT2D eigenvalue weighted by Gasteiger charge is -2.31. The van der Waals surface area contributed by atoms with Crippen LogP contribution in [0.25, 0.3) is 10.9 Å². The molecule has 25 heavy (non-hydrogen) atoms. The summed E-state index contributed by atoms with van der Waals surface area (Å²) >= 11 is 0. The van der Waals surface area contributed by atoms with Gasteiger partial charge in [0.1, 0.15) is 0 Å².